The summed E-state index contributed by atoms with van der Waals surface area (Å²) in [6.45, 7) is 1.21. The van der Waals surface area contributed by atoms with Gasteiger partial charge in [0, 0.05) is 10.0 Å². The SMILES string of the molecule is CC(=O)C(C(=O)O)c1ccc(Cl)cc1Cl. The second-order valence-electron chi connectivity index (χ2n) is 3.05. The summed E-state index contributed by atoms with van der Waals surface area (Å²) < 4.78 is 0. The van der Waals surface area contributed by atoms with Gasteiger partial charge in [0.15, 0.2) is 0 Å². The van der Waals surface area contributed by atoms with Crippen LogP contribution in [0.4, 0.5) is 0 Å². The molecule has 0 saturated heterocycles. The van der Waals surface area contributed by atoms with Crippen LogP contribution in [0.15, 0.2) is 18.2 Å². The second kappa shape index (κ2) is 4.64. The molecule has 1 atom stereocenters. The van der Waals surface area contributed by atoms with E-state index >= 15 is 0 Å². The van der Waals surface area contributed by atoms with Crippen LogP contribution < -0.4 is 0 Å². The van der Waals surface area contributed by atoms with Gasteiger partial charge >= 0.3 is 5.97 Å². The van der Waals surface area contributed by atoms with Crippen LogP contribution in [0.3, 0.4) is 0 Å². The predicted molar refractivity (Wildman–Crippen MR) is 57.5 cm³/mol. The molecule has 5 heteroatoms. The number of carboxylic acid groups (broad SMARTS) is 1. The van der Waals surface area contributed by atoms with Gasteiger partial charge in [0.1, 0.15) is 11.7 Å². The molecule has 1 aromatic carbocycles. The molecule has 0 aliphatic heterocycles. The Balaban J connectivity index is 3.23. The second-order valence-corrected chi connectivity index (χ2v) is 3.89. The van der Waals surface area contributed by atoms with Gasteiger partial charge in [-0.25, -0.2) is 0 Å². The Bertz CT molecular complexity index is 401. The van der Waals surface area contributed by atoms with Crippen molar-refractivity contribution in [2.45, 2.75) is 12.8 Å². The first-order chi connectivity index (χ1) is 6.93. The molecule has 0 fully saturated rings. The summed E-state index contributed by atoms with van der Waals surface area (Å²) >= 11 is 11.5. The van der Waals surface area contributed by atoms with Gasteiger partial charge in [-0.3, -0.25) is 9.59 Å². The van der Waals surface area contributed by atoms with Gasteiger partial charge in [0.25, 0.3) is 0 Å². The number of carbonyl (C=O) groups excluding carboxylic acids is 1. The molecule has 1 unspecified atom stereocenters. The van der Waals surface area contributed by atoms with Crippen LogP contribution in [0.2, 0.25) is 10.0 Å². The van der Waals surface area contributed by atoms with E-state index in [2.05, 4.69) is 0 Å². The summed E-state index contributed by atoms with van der Waals surface area (Å²) in [7, 11) is 0. The van der Waals surface area contributed by atoms with Crippen molar-refractivity contribution in [3.63, 3.8) is 0 Å². The topological polar surface area (TPSA) is 54.4 Å². The molecule has 0 bridgehead atoms. The molecule has 1 N–H and O–H groups in total. The summed E-state index contributed by atoms with van der Waals surface area (Å²) in [6, 6.07) is 4.36. The van der Waals surface area contributed by atoms with Gasteiger partial charge in [0.05, 0.1) is 0 Å². The highest BCUT2D eigenvalue weighted by atomic mass is 35.5. The first-order valence-corrected chi connectivity index (χ1v) is 4.87. The van der Waals surface area contributed by atoms with E-state index in [1.807, 2.05) is 0 Å². The van der Waals surface area contributed by atoms with Crippen LogP contribution in [-0.2, 0) is 9.59 Å². The number of hydrogen-bond acceptors (Lipinski definition) is 2. The van der Waals surface area contributed by atoms with Crippen LogP contribution in [0.25, 0.3) is 0 Å². The lowest BCUT2D eigenvalue weighted by Crippen LogP contribution is -2.19. The van der Waals surface area contributed by atoms with Crippen LogP contribution in [-0.4, -0.2) is 16.9 Å². The molecule has 0 aliphatic rings. The molecule has 0 saturated carbocycles. The quantitative estimate of drug-likeness (QED) is 0.835. The summed E-state index contributed by atoms with van der Waals surface area (Å²) in [6.07, 6.45) is 0. The van der Waals surface area contributed by atoms with Crippen molar-refractivity contribution in [2.75, 3.05) is 0 Å². The lowest BCUT2D eigenvalue weighted by atomic mass is 9.96. The lowest BCUT2D eigenvalue weighted by molar-refractivity contribution is -0.142. The Hall–Kier alpha value is -1.06. The highest BCUT2D eigenvalue weighted by Gasteiger charge is 2.26. The number of halogens is 2. The highest BCUT2D eigenvalue weighted by molar-refractivity contribution is 6.35. The zero-order valence-corrected chi connectivity index (χ0v) is 9.34. The number of rotatable bonds is 3. The summed E-state index contributed by atoms with van der Waals surface area (Å²) in [4.78, 5) is 22.0. The normalized spacial score (nSPS) is 12.2. The number of benzene rings is 1. The minimum atomic E-state index is -1.23. The van der Waals surface area contributed by atoms with E-state index in [1.54, 1.807) is 0 Å². The Labute approximate surface area is 96.6 Å². The molecular weight excluding hydrogens is 239 g/mol. The fraction of sp³-hybridized carbons (Fsp3) is 0.200. The maximum atomic E-state index is 11.2. The lowest BCUT2D eigenvalue weighted by Gasteiger charge is -2.10. The average Bonchev–Trinajstić information content (AvgIpc) is 2.08. The molecule has 0 radical (unpaired) electrons. The molecule has 1 aromatic rings. The predicted octanol–water partition coefficient (Wildman–Crippen LogP) is 2.75. The van der Waals surface area contributed by atoms with Crippen LogP contribution in [0.1, 0.15) is 18.4 Å². The maximum Gasteiger partial charge on any atom is 0.318 e. The number of ketones is 1. The zero-order chi connectivity index (χ0) is 11.6. The molecule has 0 heterocycles. The van der Waals surface area contributed by atoms with Crippen molar-refractivity contribution < 1.29 is 14.7 Å². The smallest absolute Gasteiger partial charge is 0.318 e. The number of carbonyl (C=O) groups is 2. The maximum absolute atomic E-state index is 11.2. The Kier molecular flexibility index (Phi) is 3.72. The first kappa shape index (κ1) is 12.0. The van der Waals surface area contributed by atoms with Crippen molar-refractivity contribution in [3.8, 4) is 0 Å². The largest absolute Gasteiger partial charge is 0.480 e. The van der Waals surface area contributed by atoms with Crippen LogP contribution >= 0.6 is 23.2 Å². The minimum absolute atomic E-state index is 0.185. The van der Waals surface area contributed by atoms with Crippen molar-refractivity contribution in [1.29, 1.82) is 0 Å². The van der Waals surface area contributed by atoms with Crippen molar-refractivity contribution >= 4 is 35.0 Å². The van der Waals surface area contributed by atoms with E-state index < -0.39 is 17.7 Å². The third-order valence-electron chi connectivity index (χ3n) is 1.93. The van der Waals surface area contributed by atoms with E-state index in [0.717, 1.165) is 0 Å². The molecular formula is C10H8Cl2O3. The highest BCUT2D eigenvalue weighted by Crippen LogP contribution is 2.28. The fourth-order valence-corrected chi connectivity index (χ4v) is 1.78. The van der Waals surface area contributed by atoms with E-state index in [-0.39, 0.29) is 10.6 Å². The molecule has 1 rings (SSSR count). The number of Topliss-reactive ketones (excluding diaryl/α,β-unsaturated/α-hetero) is 1. The molecule has 0 spiro atoms. The van der Waals surface area contributed by atoms with Crippen molar-refractivity contribution in [1.82, 2.24) is 0 Å². The summed E-state index contributed by atoms with van der Waals surface area (Å²) in [5, 5.41) is 9.46. The molecule has 0 aliphatic carbocycles. The molecule has 0 amide bonds. The van der Waals surface area contributed by atoms with Gasteiger partial charge in [-0.05, 0) is 24.6 Å². The van der Waals surface area contributed by atoms with Gasteiger partial charge in [-0.1, -0.05) is 29.3 Å². The standard InChI is InChI=1S/C10H8Cl2O3/c1-5(13)9(10(14)15)7-3-2-6(11)4-8(7)12/h2-4,9H,1H3,(H,14,15). The van der Waals surface area contributed by atoms with E-state index in [0.29, 0.717) is 5.02 Å². The van der Waals surface area contributed by atoms with Crippen molar-refractivity contribution in [2.24, 2.45) is 0 Å². The Morgan fingerprint density at radius 3 is 2.33 bits per heavy atom. The van der Waals surface area contributed by atoms with Crippen LogP contribution in [0, 0.1) is 0 Å². The monoisotopic (exact) mass is 246 g/mol. The Morgan fingerprint density at radius 1 is 1.33 bits per heavy atom. The number of aliphatic carboxylic acids is 1. The Morgan fingerprint density at radius 2 is 1.93 bits per heavy atom. The number of carboxylic acids is 1. The van der Waals surface area contributed by atoms with Gasteiger partial charge in [-0.2, -0.15) is 0 Å². The fourth-order valence-electron chi connectivity index (χ4n) is 1.26. The van der Waals surface area contributed by atoms with Crippen LogP contribution in [0.5, 0.6) is 0 Å². The zero-order valence-electron chi connectivity index (χ0n) is 7.83. The minimum Gasteiger partial charge on any atom is -0.480 e. The third-order valence-corrected chi connectivity index (χ3v) is 2.49. The summed E-state index contributed by atoms with van der Waals surface area (Å²) in [5.74, 6) is -2.91. The van der Waals surface area contributed by atoms with E-state index in [9.17, 15) is 9.59 Å². The van der Waals surface area contributed by atoms with Crippen molar-refractivity contribution in [3.05, 3.63) is 33.8 Å². The van der Waals surface area contributed by atoms with Gasteiger partial charge in [-0.15, -0.1) is 0 Å². The molecule has 80 valence electrons. The molecule has 3 nitrogen and oxygen atoms in total. The summed E-state index contributed by atoms with van der Waals surface area (Å²) in [5.41, 5.74) is 0.265. The number of hydrogen-bond donors (Lipinski definition) is 1. The van der Waals surface area contributed by atoms with E-state index in [4.69, 9.17) is 28.3 Å². The third kappa shape index (κ3) is 2.70. The van der Waals surface area contributed by atoms with E-state index in [1.165, 1.54) is 25.1 Å². The van der Waals surface area contributed by atoms with Gasteiger partial charge < -0.3 is 5.11 Å². The first-order valence-electron chi connectivity index (χ1n) is 4.11. The average molecular weight is 247 g/mol. The molecule has 0 aromatic heterocycles. The molecule has 15 heavy (non-hydrogen) atoms. The van der Waals surface area contributed by atoms with Gasteiger partial charge in [0.2, 0.25) is 0 Å².